The standard InChI is InChI=1S/C31H31N3O5/c1-3-38-26-15-11-21(12-16-26)19-23-7-6-10-28-29(23)32-33(30(28)22-13-17-27(18-14-22)39-4-2)31(35)24-8-5-9-25(20-24)34(36)37/h5,8-9,11-20,28,30H,3-4,6-7,10H2,1-2H3/b23-19-/t28-,30-/m1/s1. The molecular weight excluding hydrogens is 494 g/mol. The van der Waals surface area contributed by atoms with E-state index in [1.807, 2.05) is 62.4 Å². The predicted octanol–water partition coefficient (Wildman–Crippen LogP) is 6.83. The van der Waals surface area contributed by atoms with Gasteiger partial charge in [-0.1, -0.05) is 30.3 Å². The number of hydrogen-bond acceptors (Lipinski definition) is 6. The van der Waals surface area contributed by atoms with Crippen molar-refractivity contribution in [3.63, 3.8) is 0 Å². The molecule has 39 heavy (non-hydrogen) atoms. The molecule has 5 rings (SSSR count). The summed E-state index contributed by atoms with van der Waals surface area (Å²) < 4.78 is 11.2. The van der Waals surface area contributed by atoms with Gasteiger partial charge in [0.05, 0.1) is 29.9 Å². The van der Waals surface area contributed by atoms with Crippen LogP contribution in [0.2, 0.25) is 0 Å². The lowest BCUT2D eigenvalue weighted by molar-refractivity contribution is -0.384. The van der Waals surface area contributed by atoms with Crippen molar-refractivity contribution in [1.29, 1.82) is 0 Å². The number of nitro groups is 1. The van der Waals surface area contributed by atoms with E-state index in [4.69, 9.17) is 14.6 Å². The summed E-state index contributed by atoms with van der Waals surface area (Å²) in [6.07, 6.45) is 4.85. The van der Waals surface area contributed by atoms with Crippen LogP contribution in [0.4, 0.5) is 5.69 Å². The first kappa shape index (κ1) is 26.2. The van der Waals surface area contributed by atoms with Crippen molar-refractivity contribution in [3.05, 3.63) is 105 Å². The van der Waals surface area contributed by atoms with Gasteiger partial charge in [-0.3, -0.25) is 14.9 Å². The molecule has 1 saturated carbocycles. The second kappa shape index (κ2) is 11.5. The molecule has 2 aliphatic rings. The Balaban J connectivity index is 1.53. The van der Waals surface area contributed by atoms with Crippen molar-refractivity contribution in [1.82, 2.24) is 5.01 Å². The lowest BCUT2D eigenvalue weighted by Crippen LogP contribution is -2.32. The van der Waals surface area contributed by atoms with E-state index in [1.165, 1.54) is 23.2 Å². The van der Waals surface area contributed by atoms with E-state index in [1.54, 1.807) is 6.07 Å². The van der Waals surface area contributed by atoms with Crippen LogP contribution in [0.15, 0.2) is 83.5 Å². The average molecular weight is 526 g/mol. The Morgan fingerprint density at radius 3 is 2.33 bits per heavy atom. The zero-order valence-electron chi connectivity index (χ0n) is 22.1. The Morgan fingerprint density at radius 1 is 1.03 bits per heavy atom. The zero-order chi connectivity index (χ0) is 27.4. The first-order valence-corrected chi connectivity index (χ1v) is 13.3. The molecule has 1 amide bonds. The van der Waals surface area contributed by atoms with Gasteiger partial charge < -0.3 is 9.47 Å². The molecule has 3 aromatic carbocycles. The van der Waals surface area contributed by atoms with Gasteiger partial charge in [0, 0.05) is 23.6 Å². The first-order chi connectivity index (χ1) is 19.0. The molecule has 8 heteroatoms. The molecule has 1 heterocycles. The summed E-state index contributed by atoms with van der Waals surface area (Å²) in [4.78, 5) is 24.7. The number of rotatable bonds is 8. The summed E-state index contributed by atoms with van der Waals surface area (Å²) in [5.74, 6) is 1.23. The largest absolute Gasteiger partial charge is 0.494 e. The Kier molecular flexibility index (Phi) is 7.72. The molecule has 0 bridgehead atoms. The number of fused-ring (bicyclic) bond motifs is 1. The number of amides is 1. The second-order valence-electron chi connectivity index (χ2n) is 9.56. The molecule has 8 nitrogen and oxygen atoms in total. The molecule has 0 radical (unpaired) electrons. The molecule has 200 valence electrons. The topological polar surface area (TPSA) is 94.3 Å². The normalized spacial score (nSPS) is 19.4. The van der Waals surface area contributed by atoms with Gasteiger partial charge in [-0.15, -0.1) is 0 Å². The number of nitro benzene ring substituents is 1. The van der Waals surface area contributed by atoms with Gasteiger partial charge in [0.2, 0.25) is 0 Å². The van der Waals surface area contributed by atoms with Crippen molar-refractivity contribution in [3.8, 4) is 11.5 Å². The summed E-state index contributed by atoms with van der Waals surface area (Å²) in [6, 6.07) is 21.2. The van der Waals surface area contributed by atoms with E-state index in [2.05, 4.69) is 6.08 Å². The van der Waals surface area contributed by atoms with E-state index in [9.17, 15) is 14.9 Å². The highest BCUT2D eigenvalue weighted by Gasteiger charge is 2.44. The van der Waals surface area contributed by atoms with Crippen LogP contribution >= 0.6 is 0 Å². The SMILES string of the molecule is CCOc1ccc(/C=C2/CCC[C@@H]3C2=NN(C(=O)c2cccc([N+](=O)[O-])c2)[C@@H]3c2ccc(OCC)cc2)cc1. The summed E-state index contributed by atoms with van der Waals surface area (Å²) in [7, 11) is 0. The van der Waals surface area contributed by atoms with E-state index in [0.717, 1.165) is 53.2 Å². The van der Waals surface area contributed by atoms with Crippen LogP contribution < -0.4 is 9.47 Å². The van der Waals surface area contributed by atoms with Crippen molar-refractivity contribution in [2.24, 2.45) is 11.0 Å². The van der Waals surface area contributed by atoms with Gasteiger partial charge in [-0.05, 0) is 86.2 Å². The average Bonchev–Trinajstić information content (AvgIpc) is 3.35. The third-order valence-corrected chi connectivity index (χ3v) is 7.08. The number of allylic oxidation sites excluding steroid dienone is 1. The molecule has 0 unspecified atom stereocenters. The number of benzene rings is 3. The minimum Gasteiger partial charge on any atom is -0.494 e. The van der Waals surface area contributed by atoms with E-state index in [-0.39, 0.29) is 29.1 Å². The Labute approximate surface area is 227 Å². The van der Waals surface area contributed by atoms with Crippen molar-refractivity contribution in [2.45, 2.75) is 39.2 Å². The molecule has 1 aliphatic heterocycles. The van der Waals surface area contributed by atoms with Crippen LogP contribution in [-0.2, 0) is 0 Å². The molecular formula is C31H31N3O5. The maximum atomic E-state index is 13.8. The highest BCUT2D eigenvalue weighted by atomic mass is 16.6. The minimum atomic E-state index is -0.492. The maximum Gasteiger partial charge on any atom is 0.274 e. The molecule has 0 spiro atoms. The van der Waals surface area contributed by atoms with Crippen molar-refractivity contribution >= 4 is 23.4 Å². The fourth-order valence-electron chi connectivity index (χ4n) is 5.34. The third-order valence-electron chi connectivity index (χ3n) is 7.08. The van der Waals surface area contributed by atoms with E-state index < -0.39 is 4.92 Å². The summed E-state index contributed by atoms with van der Waals surface area (Å²) in [5.41, 5.74) is 4.09. The van der Waals surface area contributed by atoms with E-state index >= 15 is 0 Å². The number of carbonyl (C=O) groups is 1. The minimum absolute atomic E-state index is 0.00768. The summed E-state index contributed by atoms with van der Waals surface area (Å²) in [5, 5.41) is 17.8. The van der Waals surface area contributed by atoms with Crippen LogP contribution in [0.1, 0.15) is 60.6 Å². The number of carbonyl (C=O) groups excluding carboxylic acids is 1. The number of nitrogens with zero attached hydrogens (tertiary/aromatic N) is 3. The van der Waals surface area contributed by atoms with Crippen LogP contribution in [0.25, 0.3) is 6.08 Å². The fourth-order valence-corrected chi connectivity index (χ4v) is 5.34. The van der Waals surface area contributed by atoms with Crippen molar-refractivity contribution < 1.29 is 19.2 Å². The van der Waals surface area contributed by atoms with Gasteiger partial charge in [0.25, 0.3) is 11.6 Å². The number of hydrazone groups is 1. The van der Waals surface area contributed by atoms with Crippen LogP contribution in [0.3, 0.4) is 0 Å². The number of hydrogen-bond donors (Lipinski definition) is 0. The maximum absolute atomic E-state index is 13.8. The van der Waals surface area contributed by atoms with Crippen LogP contribution in [0.5, 0.6) is 11.5 Å². The smallest absolute Gasteiger partial charge is 0.274 e. The lowest BCUT2D eigenvalue weighted by atomic mass is 9.77. The molecule has 0 saturated heterocycles. The van der Waals surface area contributed by atoms with Gasteiger partial charge in [-0.2, -0.15) is 5.10 Å². The number of non-ortho nitro benzene ring substituents is 1. The van der Waals surface area contributed by atoms with Crippen molar-refractivity contribution in [2.75, 3.05) is 13.2 Å². The molecule has 2 atom stereocenters. The Hall–Kier alpha value is -4.46. The molecule has 3 aromatic rings. The monoisotopic (exact) mass is 525 g/mol. The highest BCUT2D eigenvalue weighted by Crippen LogP contribution is 2.45. The predicted molar refractivity (Wildman–Crippen MR) is 150 cm³/mol. The zero-order valence-corrected chi connectivity index (χ0v) is 22.1. The van der Waals surface area contributed by atoms with Gasteiger partial charge >= 0.3 is 0 Å². The highest BCUT2D eigenvalue weighted by molar-refractivity contribution is 6.09. The van der Waals surface area contributed by atoms with Gasteiger partial charge in [0.15, 0.2) is 0 Å². The fraction of sp³-hybridized carbons (Fsp3) is 0.290. The van der Waals surface area contributed by atoms with Crippen LogP contribution in [0, 0.1) is 16.0 Å². The summed E-state index contributed by atoms with van der Waals surface area (Å²) >= 11 is 0. The molecule has 1 fully saturated rings. The van der Waals surface area contributed by atoms with Gasteiger partial charge in [-0.25, -0.2) is 5.01 Å². The molecule has 0 aromatic heterocycles. The Bertz CT molecular complexity index is 1410. The second-order valence-corrected chi connectivity index (χ2v) is 9.56. The molecule has 1 aliphatic carbocycles. The van der Waals surface area contributed by atoms with Gasteiger partial charge in [0.1, 0.15) is 11.5 Å². The summed E-state index contributed by atoms with van der Waals surface area (Å²) in [6.45, 7) is 5.07. The lowest BCUT2D eigenvalue weighted by Gasteiger charge is -2.29. The van der Waals surface area contributed by atoms with Crippen LogP contribution in [-0.4, -0.2) is 34.8 Å². The third kappa shape index (κ3) is 5.55. The quantitative estimate of drug-likeness (QED) is 0.237. The number of ether oxygens (including phenoxy) is 2. The first-order valence-electron chi connectivity index (χ1n) is 13.3. The van der Waals surface area contributed by atoms with E-state index in [0.29, 0.717) is 13.2 Å². The Morgan fingerprint density at radius 2 is 1.69 bits per heavy atom. The molecule has 0 N–H and O–H groups in total.